The summed E-state index contributed by atoms with van der Waals surface area (Å²) in [5.41, 5.74) is -0.447. The molecule has 1 atom stereocenters. The maximum absolute atomic E-state index is 11.4. The Kier molecular flexibility index (Phi) is 3.53. The van der Waals surface area contributed by atoms with Gasteiger partial charge in [0.2, 0.25) is 0 Å². The van der Waals surface area contributed by atoms with Gasteiger partial charge in [-0.05, 0) is 32.1 Å². The number of carbonyl (C=O) groups is 1. The lowest BCUT2D eigenvalue weighted by Crippen LogP contribution is -2.56. The predicted octanol–water partition coefficient (Wildman–Crippen LogP) is 2.55. The van der Waals surface area contributed by atoms with Crippen LogP contribution in [0.5, 0.6) is 0 Å². The zero-order valence-corrected chi connectivity index (χ0v) is 10.2. The van der Waals surface area contributed by atoms with Gasteiger partial charge in [-0.1, -0.05) is 26.2 Å². The van der Waals surface area contributed by atoms with Crippen molar-refractivity contribution in [2.45, 2.75) is 70.4 Å². The monoisotopic (exact) mass is 225 g/mol. The molecule has 3 nitrogen and oxygen atoms in total. The first-order valence-corrected chi connectivity index (χ1v) is 6.68. The second kappa shape index (κ2) is 4.74. The zero-order valence-electron chi connectivity index (χ0n) is 10.2. The van der Waals surface area contributed by atoms with E-state index in [0.717, 1.165) is 25.7 Å². The standard InChI is InChI=1S/C13H23NO2/c1-2-11(14-10-6-3-4-7-10)13(12(15)16)8-5-9-13/h10-11,14H,2-9H2,1H3,(H,15,16). The average molecular weight is 225 g/mol. The number of hydrogen-bond donors (Lipinski definition) is 2. The molecule has 16 heavy (non-hydrogen) atoms. The Morgan fingerprint density at radius 3 is 2.38 bits per heavy atom. The lowest BCUT2D eigenvalue weighted by Gasteiger charge is -2.45. The lowest BCUT2D eigenvalue weighted by molar-refractivity contribution is -0.157. The van der Waals surface area contributed by atoms with Crippen molar-refractivity contribution in [3.8, 4) is 0 Å². The van der Waals surface area contributed by atoms with Gasteiger partial charge in [0, 0.05) is 12.1 Å². The summed E-state index contributed by atoms with van der Waals surface area (Å²) < 4.78 is 0. The molecule has 2 rings (SSSR count). The predicted molar refractivity (Wildman–Crippen MR) is 63.4 cm³/mol. The van der Waals surface area contributed by atoms with Gasteiger partial charge in [0.1, 0.15) is 0 Å². The summed E-state index contributed by atoms with van der Waals surface area (Å²) in [6.45, 7) is 2.11. The van der Waals surface area contributed by atoms with Crippen molar-refractivity contribution in [3.63, 3.8) is 0 Å². The number of nitrogens with one attached hydrogen (secondary N) is 1. The molecule has 0 bridgehead atoms. The highest BCUT2D eigenvalue weighted by Crippen LogP contribution is 2.45. The van der Waals surface area contributed by atoms with Crippen LogP contribution in [0.3, 0.4) is 0 Å². The smallest absolute Gasteiger partial charge is 0.311 e. The van der Waals surface area contributed by atoms with E-state index < -0.39 is 11.4 Å². The van der Waals surface area contributed by atoms with Crippen LogP contribution in [0.25, 0.3) is 0 Å². The van der Waals surface area contributed by atoms with E-state index >= 15 is 0 Å². The third kappa shape index (κ3) is 1.97. The Morgan fingerprint density at radius 1 is 1.38 bits per heavy atom. The van der Waals surface area contributed by atoms with Crippen LogP contribution in [-0.4, -0.2) is 23.2 Å². The molecule has 0 saturated heterocycles. The molecule has 0 aromatic carbocycles. The minimum absolute atomic E-state index is 0.182. The van der Waals surface area contributed by atoms with Gasteiger partial charge in [-0.25, -0.2) is 0 Å². The first-order chi connectivity index (χ1) is 7.69. The van der Waals surface area contributed by atoms with Crippen molar-refractivity contribution >= 4 is 5.97 Å². The molecule has 0 radical (unpaired) electrons. The van der Waals surface area contributed by atoms with Crippen LogP contribution in [0.2, 0.25) is 0 Å². The number of rotatable bonds is 5. The van der Waals surface area contributed by atoms with Gasteiger partial charge in [0.15, 0.2) is 0 Å². The molecule has 0 amide bonds. The molecule has 2 aliphatic rings. The van der Waals surface area contributed by atoms with Crippen LogP contribution in [0.15, 0.2) is 0 Å². The minimum atomic E-state index is -0.587. The van der Waals surface area contributed by atoms with E-state index in [0.29, 0.717) is 6.04 Å². The van der Waals surface area contributed by atoms with Gasteiger partial charge >= 0.3 is 5.97 Å². The topological polar surface area (TPSA) is 49.3 Å². The van der Waals surface area contributed by atoms with E-state index in [2.05, 4.69) is 12.2 Å². The van der Waals surface area contributed by atoms with Crippen molar-refractivity contribution in [3.05, 3.63) is 0 Å². The third-order valence-electron chi connectivity index (χ3n) is 4.54. The zero-order chi connectivity index (χ0) is 11.6. The van der Waals surface area contributed by atoms with E-state index in [1.807, 2.05) is 0 Å². The van der Waals surface area contributed by atoms with E-state index in [4.69, 9.17) is 0 Å². The molecule has 2 N–H and O–H groups in total. The summed E-state index contributed by atoms with van der Waals surface area (Å²) in [5.74, 6) is -0.587. The summed E-state index contributed by atoms with van der Waals surface area (Å²) in [5, 5.41) is 13.0. The van der Waals surface area contributed by atoms with Crippen LogP contribution in [0, 0.1) is 5.41 Å². The van der Waals surface area contributed by atoms with Crippen molar-refractivity contribution in [1.29, 1.82) is 0 Å². The molecule has 1 unspecified atom stereocenters. The van der Waals surface area contributed by atoms with E-state index in [-0.39, 0.29) is 6.04 Å². The Morgan fingerprint density at radius 2 is 2.00 bits per heavy atom. The molecule has 0 aliphatic heterocycles. The maximum Gasteiger partial charge on any atom is 0.311 e. The van der Waals surface area contributed by atoms with Crippen molar-refractivity contribution in [2.75, 3.05) is 0 Å². The van der Waals surface area contributed by atoms with Gasteiger partial charge in [0.25, 0.3) is 0 Å². The molecule has 0 heterocycles. The Hall–Kier alpha value is -0.570. The Bertz CT molecular complexity index is 255. The molecule has 2 fully saturated rings. The van der Waals surface area contributed by atoms with E-state index in [1.165, 1.54) is 25.7 Å². The van der Waals surface area contributed by atoms with Crippen molar-refractivity contribution in [2.24, 2.45) is 5.41 Å². The first-order valence-electron chi connectivity index (χ1n) is 6.68. The van der Waals surface area contributed by atoms with Gasteiger partial charge in [-0.15, -0.1) is 0 Å². The lowest BCUT2D eigenvalue weighted by atomic mass is 9.63. The number of hydrogen-bond acceptors (Lipinski definition) is 2. The van der Waals surface area contributed by atoms with Crippen molar-refractivity contribution in [1.82, 2.24) is 5.32 Å². The fourth-order valence-electron chi connectivity index (χ4n) is 3.31. The molecular weight excluding hydrogens is 202 g/mol. The second-order valence-electron chi connectivity index (χ2n) is 5.42. The number of aliphatic carboxylic acids is 1. The SMILES string of the molecule is CCC(NC1CCCC1)C1(C(=O)O)CCC1. The van der Waals surface area contributed by atoms with Crippen LogP contribution in [0.4, 0.5) is 0 Å². The fraction of sp³-hybridized carbons (Fsp3) is 0.923. The summed E-state index contributed by atoms with van der Waals surface area (Å²) in [7, 11) is 0. The highest BCUT2D eigenvalue weighted by atomic mass is 16.4. The van der Waals surface area contributed by atoms with Gasteiger partial charge < -0.3 is 10.4 Å². The largest absolute Gasteiger partial charge is 0.481 e. The van der Waals surface area contributed by atoms with Gasteiger partial charge in [-0.3, -0.25) is 4.79 Å². The van der Waals surface area contributed by atoms with E-state index in [1.54, 1.807) is 0 Å². The molecule has 2 saturated carbocycles. The Labute approximate surface area is 97.6 Å². The van der Waals surface area contributed by atoms with Gasteiger partial charge in [-0.2, -0.15) is 0 Å². The van der Waals surface area contributed by atoms with Crippen molar-refractivity contribution < 1.29 is 9.90 Å². The molecular formula is C13H23NO2. The minimum Gasteiger partial charge on any atom is -0.481 e. The molecule has 0 aromatic heterocycles. The quantitative estimate of drug-likeness (QED) is 0.756. The third-order valence-corrected chi connectivity index (χ3v) is 4.54. The molecule has 3 heteroatoms. The Balaban J connectivity index is 1.99. The highest BCUT2D eigenvalue weighted by Gasteiger charge is 2.50. The van der Waals surface area contributed by atoms with Crippen LogP contribution in [-0.2, 0) is 4.79 Å². The number of carboxylic acids is 1. The maximum atomic E-state index is 11.4. The van der Waals surface area contributed by atoms with Crippen LogP contribution < -0.4 is 5.32 Å². The fourth-order valence-corrected chi connectivity index (χ4v) is 3.31. The average Bonchev–Trinajstić information content (AvgIpc) is 2.66. The molecule has 2 aliphatic carbocycles. The van der Waals surface area contributed by atoms with E-state index in [9.17, 15) is 9.90 Å². The summed E-state index contributed by atoms with van der Waals surface area (Å²) >= 11 is 0. The number of carboxylic acid groups (broad SMARTS) is 1. The highest BCUT2D eigenvalue weighted by molar-refractivity contribution is 5.76. The van der Waals surface area contributed by atoms with Crippen LogP contribution in [0.1, 0.15) is 58.3 Å². The molecule has 0 aromatic rings. The van der Waals surface area contributed by atoms with Gasteiger partial charge in [0.05, 0.1) is 5.41 Å². The second-order valence-corrected chi connectivity index (χ2v) is 5.42. The molecule has 0 spiro atoms. The summed E-state index contributed by atoms with van der Waals surface area (Å²) in [6, 6.07) is 0.753. The summed E-state index contributed by atoms with van der Waals surface area (Å²) in [6.07, 6.45) is 8.79. The normalized spacial score (nSPS) is 26.3. The molecule has 92 valence electrons. The van der Waals surface area contributed by atoms with Crippen LogP contribution >= 0.6 is 0 Å². The first kappa shape index (κ1) is 11.9. The summed E-state index contributed by atoms with van der Waals surface area (Å²) in [4.78, 5) is 11.4.